The van der Waals surface area contributed by atoms with E-state index in [4.69, 9.17) is 21.6 Å². The molecule has 1 saturated heterocycles. The average molecular weight is 482 g/mol. The molecule has 6 rings (SSSR count). The van der Waals surface area contributed by atoms with Gasteiger partial charge in [-0.3, -0.25) is 14.7 Å². The Kier molecular flexibility index (Phi) is 5.58. The minimum atomic E-state index is -0.126. The molecule has 0 atom stereocenters. The molecule has 0 N–H and O–H groups in total. The molecule has 0 aliphatic carbocycles. The predicted octanol–water partition coefficient (Wildman–Crippen LogP) is 4.60. The van der Waals surface area contributed by atoms with Crippen molar-refractivity contribution in [2.24, 2.45) is 9.98 Å². The summed E-state index contributed by atoms with van der Waals surface area (Å²) < 4.78 is 0. The van der Waals surface area contributed by atoms with Crippen molar-refractivity contribution >= 4 is 40.4 Å². The van der Waals surface area contributed by atoms with Crippen molar-refractivity contribution < 1.29 is 4.79 Å². The minimum Gasteiger partial charge on any atom is -0.372 e. The molecule has 174 valence electrons. The molecule has 0 bridgehead atoms. The molecule has 7 heteroatoms. The highest BCUT2D eigenvalue weighted by Crippen LogP contribution is 2.33. The first kappa shape index (κ1) is 21.6. The lowest BCUT2D eigenvalue weighted by Crippen LogP contribution is -2.44. The number of fused-ring (bicyclic) bond motifs is 3. The lowest BCUT2D eigenvalue weighted by atomic mass is 10.00. The van der Waals surface area contributed by atoms with Crippen LogP contribution >= 0.6 is 11.6 Å². The average Bonchev–Trinajstić information content (AvgIpc) is 3.11. The Labute approximate surface area is 209 Å². The van der Waals surface area contributed by atoms with Crippen LogP contribution in [-0.2, 0) is 4.79 Å². The zero-order chi connectivity index (χ0) is 23.8. The molecule has 1 amide bonds. The fourth-order valence-corrected chi connectivity index (χ4v) is 4.97. The number of para-hydroxylation sites is 1. The van der Waals surface area contributed by atoms with Gasteiger partial charge in [-0.1, -0.05) is 60.1 Å². The fraction of sp³-hybridized carbons (Fsp3) is 0.179. The van der Waals surface area contributed by atoms with Crippen LogP contribution in [0.3, 0.4) is 0 Å². The first-order valence-electron chi connectivity index (χ1n) is 11.7. The Morgan fingerprint density at radius 2 is 1.57 bits per heavy atom. The highest BCUT2D eigenvalue weighted by atomic mass is 35.5. The first-order chi connectivity index (χ1) is 17.2. The van der Waals surface area contributed by atoms with E-state index < -0.39 is 0 Å². The Bertz CT molecular complexity index is 1360. The van der Waals surface area contributed by atoms with Gasteiger partial charge in [0.05, 0.1) is 17.9 Å². The van der Waals surface area contributed by atoms with Gasteiger partial charge < -0.3 is 9.80 Å². The van der Waals surface area contributed by atoms with Crippen LogP contribution in [0.15, 0.2) is 101 Å². The Balaban J connectivity index is 1.28. The van der Waals surface area contributed by atoms with Crippen LogP contribution in [0.1, 0.15) is 11.1 Å². The van der Waals surface area contributed by atoms with E-state index in [1.807, 2.05) is 60.8 Å². The van der Waals surface area contributed by atoms with Crippen LogP contribution in [0.5, 0.6) is 0 Å². The number of nitrogens with zero attached hydrogens (tertiary/aromatic N) is 5. The molecule has 0 saturated carbocycles. The van der Waals surface area contributed by atoms with Crippen LogP contribution in [-0.4, -0.2) is 55.1 Å². The zero-order valence-electron chi connectivity index (χ0n) is 19.1. The largest absolute Gasteiger partial charge is 0.372 e. The van der Waals surface area contributed by atoms with Crippen LogP contribution in [0.4, 0.5) is 11.4 Å². The van der Waals surface area contributed by atoms with Gasteiger partial charge in [-0.15, -0.1) is 0 Å². The summed E-state index contributed by atoms with van der Waals surface area (Å²) >= 11 is 6.36. The summed E-state index contributed by atoms with van der Waals surface area (Å²) in [5, 5.41) is 0.603. The first-order valence-corrected chi connectivity index (χ1v) is 12.1. The quantitative estimate of drug-likeness (QED) is 0.514. The van der Waals surface area contributed by atoms with Gasteiger partial charge in [0.2, 0.25) is 0 Å². The normalized spacial score (nSPS) is 18.7. The SMILES string of the molecule is O=C1/C(=C\N2CCN(c3ccccc3)CC2)N=C2CN=C(c3ccccc3)c3cc(Cl)ccc3N12. The van der Waals surface area contributed by atoms with Crippen molar-refractivity contribution in [3.05, 3.63) is 107 Å². The van der Waals surface area contributed by atoms with E-state index in [2.05, 4.69) is 34.1 Å². The summed E-state index contributed by atoms with van der Waals surface area (Å²) in [5.74, 6) is 0.511. The highest BCUT2D eigenvalue weighted by molar-refractivity contribution is 6.34. The smallest absolute Gasteiger partial charge is 0.284 e. The summed E-state index contributed by atoms with van der Waals surface area (Å²) in [6.45, 7) is 3.78. The van der Waals surface area contributed by atoms with Crippen molar-refractivity contribution in [3.8, 4) is 0 Å². The van der Waals surface area contributed by atoms with Crippen molar-refractivity contribution in [2.75, 3.05) is 42.5 Å². The van der Waals surface area contributed by atoms with E-state index in [1.165, 1.54) is 5.69 Å². The number of aliphatic imine (C=N–C) groups is 2. The van der Waals surface area contributed by atoms with E-state index >= 15 is 0 Å². The molecule has 3 aliphatic heterocycles. The molecule has 3 aromatic carbocycles. The van der Waals surface area contributed by atoms with Gasteiger partial charge in [-0.25, -0.2) is 4.99 Å². The van der Waals surface area contributed by atoms with E-state index in [1.54, 1.807) is 4.90 Å². The van der Waals surface area contributed by atoms with Crippen LogP contribution in [0.2, 0.25) is 5.02 Å². The fourth-order valence-electron chi connectivity index (χ4n) is 4.80. The molecule has 0 spiro atoms. The molecule has 0 unspecified atom stereocenters. The molecule has 3 aliphatic rings. The van der Waals surface area contributed by atoms with Crippen molar-refractivity contribution in [2.45, 2.75) is 0 Å². The molecule has 1 fully saturated rings. The van der Waals surface area contributed by atoms with E-state index in [-0.39, 0.29) is 5.91 Å². The van der Waals surface area contributed by atoms with Crippen LogP contribution in [0, 0.1) is 0 Å². The number of halogens is 1. The second kappa shape index (κ2) is 9.04. The number of amidine groups is 1. The Hall–Kier alpha value is -3.90. The van der Waals surface area contributed by atoms with E-state index in [9.17, 15) is 4.79 Å². The van der Waals surface area contributed by atoms with Gasteiger partial charge >= 0.3 is 0 Å². The number of rotatable bonds is 3. The van der Waals surface area contributed by atoms with Crippen molar-refractivity contribution in [1.82, 2.24) is 4.90 Å². The van der Waals surface area contributed by atoms with Gasteiger partial charge in [0.1, 0.15) is 11.5 Å². The third kappa shape index (κ3) is 4.10. The third-order valence-corrected chi connectivity index (χ3v) is 6.79. The van der Waals surface area contributed by atoms with Gasteiger partial charge in [-0.05, 0) is 30.3 Å². The number of hydrogen-bond acceptors (Lipinski definition) is 5. The molecule has 0 radical (unpaired) electrons. The molecule has 3 aromatic rings. The number of piperazine rings is 1. The predicted molar refractivity (Wildman–Crippen MR) is 142 cm³/mol. The Morgan fingerprint density at radius 3 is 2.31 bits per heavy atom. The maximum absolute atomic E-state index is 13.6. The highest BCUT2D eigenvalue weighted by Gasteiger charge is 2.36. The number of benzene rings is 3. The van der Waals surface area contributed by atoms with E-state index in [0.717, 1.165) is 48.7 Å². The summed E-state index contributed by atoms with van der Waals surface area (Å²) in [5.41, 5.74) is 5.07. The molecular formula is C28H24ClN5O. The summed E-state index contributed by atoms with van der Waals surface area (Å²) in [6, 6.07) is 26.0. The second-order valence-corrected chi connectivity index (χ2v) is 9.17. The second-order valence-electron chi connectivity index (χ2n) is 8.73. The van der Waals surface area contributed by atoms with Crippen molar-refractivity contribution in [3.63, 3.8) is 0 Å². The Morgan fingerprint density at radius 1 is 0.857 bits per heavy atom. The van der Waals surface area contributed by atoms with Gasteiger partial charge in [0.25, 0.3) is 5.91 Å². The standard InChI is InChI=1S/C28H24ClN5O/c29-21-11-12-25-23(17-21)27(20-7-3-1-4-8-20)30-18-26-31-24(28(35)34(25)26)19-32-13-15-33(16-14-32)22-9-5-2-6-10-22/h1-12,17,19H,13-16,18H2/b24-19+. The molecule has 0 aromatic heterocycles. The number of carbonyl (C=O) groups is 1. The number of hydrogen-bond donors (Lipinski definition) is 0. The lowest BCUT2D eigenvalue weighted by Gasteiger charge is -2.35. The number of amides is 1. The summed E-state index contributed by atoms with van der Waals surface area (Å²) in [7, 11) is 0. The maximum atomic E-state index is 13.6. The molecular weight excluding hydrogens is 458 g/mol. The third-order valence-electron chi connectivity index (χ3n) is 6.55. The zero-order valence-corrected chi connectivity index (χ0v) is 19.9. The monoisotopic (exact) mass is 481 g/mol. The van der Waals surface area contributed by atoms with Crippen LogP contribution < -0.4 is 9.80 Å². The molecule has 35 heavy (non-hydrogen) atoms. The lowest BCUT2D eigenvalue weighted by molar-refractivity contribution is -0.114. The number of anilines is 2. The van der Waals surface area contributed by atoms with Gasteiger partial charge in [0, 0.05) is 54.2 Å². The minimum absolute atomic E-state index is 0.126. The summed E-state index contributed by atoms with van der Waals surface area (Å²) in [4.78, 5) is 29.4. The molecule has 6 nitrogen and oxygen atoms in total. The maximum Gasteiger partial charge on any atom is 0.284 e. The summed E-state index contributed by atoms with van der Waals surface area (Å²) in [6.07, 6.45) is 1.91. The van der Waals surface area contributed by atoms with E-state index in [0.29, 0.717) is 23.1 Å². The van der Waals surface area contributed by atoms with Gasteiger partial charge in [-0.2, -0.15) is 0 Å². The topological polar surface area (TPSA) is 51.5 Å². The number of carbonyl (C=O) groups excluding carboxylic acids is 1. The molecule has 3 heterocycles. The van der Waals surface area contributed by atoms with Crippen molar-refractivity contribution in [1.29, 1.82) is 0 Å². The van der Waals surface area contributed by atoms with Crippen LogP contribution in [0.25, 0.3) is 0 Å². The van der Waals surface area contributed by atoms with Gasteiger partial charge in [0.15, 0.2) is 0 Å².